The van der Waals surface area contributed by atoms with Gasteiger partial charge in [-0.3, -0.25) is 4.90 Å². The highest BCUT2D eigenvalue weighted by Gasteiger charge is 2.47. The zero-order chi connectivity index (χ0) is 29.7. The lowest BCUT2D eigenvalue weighted by Gasteiger charge is -2.43. The van der Waals surface area contributed by atoms with Gasteiger partial charge in [-0.25, -0.2) is 0 Å². The SMILES string of the molecule is CCCCN(CCC)C(CN)(c1[nH]c2ccc(OC)c(OC)c2c1OC)c1[nH]c2ccc(OC)c(OC)c2c1OC. The quantitative estimate of drug-likeness (QED) is 0.174. The highest BCUT2D eigenvalue weighted by Crippen LogP contribution is 2.52. The van der Waals surface area contributed by atoms with Crippen molar-refractivity contribution >= 4 is 21.8 Å². The maximum atomic E-state index is 6.91. The minimum atomic E-state index is -0.906. The molecule has 2 aromatic carbocycles. The molecule has 0 fully saturated rings. The maximum absolute atomic E-state index is 6.91. The topological polar surface area (TPSA) is 116 Å². The van der Waals surface area contributed by atoms with Crippen LogP contribution < -0.4 is 34.2 Å². The summed E-state index contributed by atoms with van der Waals surface area (Å²) in [4.78, 5) is 9.78. The van der Waals surface area contributed by atoms with E-state index in [1.807, 2.05) is 24.3 Å². The molecule has 10 heteroatoms. The molecule has 2 heterocycles. The highest BCUT2D eigenvalue weighted by atomic mass is 16.5. The van der Waals surface area contributed by atoms with E-state index in [0.717, 1.165) is 65.5 Å². The molecule has 0 bridgehead atoms. The van der Waals surface area contributed by atoms with E-state index in [4.69, 9.17) is 34.2 Å². The Morgan fingerprint density at radius 3 is 1.44 bits per heavy atom. The van der Waals surface area contributed by atoms with E-state index < -0.39 is 5.54 Å². The van der Waals surface area contributed by atoms with Gasteiger partial charge in [0.15, 0.2) is 34.5 Å². The first-order chi connectivity index (χ1) is 19.9. The Bertz CT molecular complexity index is 1380. The van der Waals surface area contributed by atoms with E-state index in [9.17, 15) is 0 Å². The number of benzene rings is 2. The molecule has 0 spiro atoms. The molecule has 0 aliphatic heterocycles. The molecule has 0 aliphatic carbocycles. The van der Waals surface area contributed by atoms with Crippen molar-refractivity contribution in [2.75, 3.05) is 62.3 Å². The zero-order valence-electron chi connectivity index (χ0n) is 25.5. The van der Waals surface area contributed by atoms with Crippen molar-refractivity contribution in [3.8, 4) is 34.5 Å². The summed E-state index contributed by atoms with van der Waals surface area (Å²) >= 11 is 0. The Kier molecular flexibility index (Phi) is 9.45. The van der Waals surface area contributed by atoms with Crippen molar-refractivity contribution in [1.82, 2.24) is 14.9 Å². The number of hydrogen-bond donors (Lipinski definition) is 3. The van der Waals surface area contributed by atoms with Gasteiger partial charge in [-0.2, -0.15) is 0 Å². The van der Waals surface area contributed by atoms with Crippen LogP contribution in [0.5, 0.6) is 34.5 Å². The van der Waals surface area contributed by atoms with E-state index >= 15 is 0 Å². The Morgan fingerprint density at radius 2 is 1.10 bits per heavy atom. The predicted molar refractivity (Wildman–Crippen MR) is 163 cm³/mol. The standard InChI is InChI=1S/C31H44N4O6/c1-9-11-17-35(16-10-2)31(18-32,29-27(40-7)23-19(33-29)12-14-21(36-3)25(23)38-5)30-28(41-8)24-20(34-30)13-15-22(37-4)26(24)39-6/h12-15,33-34H,9-11,16-18,32H2,1-8H3. The van der Waals surface area contributed by atoms with Gasteiger partial charge in [-0.1, -0.05) is 20.3 Å². The van der Waals surface area contributed by atoms with Gasteiger partial charge in [0, 0.05) is 6.54 Å². The van der Waals surface area contributed by atoms with E-state index in [2.05, 4.69) is 28.7 Å². The first-order valence-electron chi connectivity index (χ1n) is 14.0. The van der Waals surface area contributed by atoms with Crippen LogP contribution in [0.25, 0.3) is 21.8 Å². The van der Waals surface area contributed by atoms with Gasteiger partial charge in [-0.05, 0) is 50.2 Å². The van der Waals surface area contributed by atoms with Crippen LogP contribution in [-0.2, 0) is 5.54 Å². The second kappa shape index (κ2) is 12.8. The smallest absolute Gasteiger partial charge is 0.173 e. The largest absolute Gasteiger partial charge is 0.494 e. The van der Waals surface area contributed by atoms with Gasteiger partial charge in [0.2, 0.25) is 0 Å². The Balaban J connectivity index is 2.19. The molecule has 41 heavy (non-hydrogen) atoms. The summed E-state index contributed by atoms with van der Waals surface area (Å²) in [6.45, 7) is 6.18. The number of nitrogens with one attached hydrogen (secondary N) is 2. The fraction of sp³-hybridized carbons (Fsp3) is 0.484. The lowest BCUT2D eigenvalue weighted by molar-refractivity contribution is 0.114. The third-order valence-corrected chi connectivity index (χ3v) is 7.86. The Morgan fingerprint density at radius 1 is 0.634 bits per heavy atom. The average molecular weight is 569 g/mol. The lowest BCUT2D eigenvalue weighted by Crippen LogP contribution is -2.53. The van der Waals surface area contributed by atoms with Crippen LogP contribution in [0.1, 0.15) is 44.5 Å². The third-order valence-electron chi connectivity index (χ3n) is 7.86. The van der Waals surface area contributed by atoms with Crippen molar-refractivity contribution in [3.63, 3.8) is 0 Å². The van der Waals surface area contributed by atoms with Gasteiger partial charge in [0.25, 0.3) is 0 Å². The summed E-state index contributed by atoms with van der Waals surface area (Å²) in [6, 6.07) is 7.70. The molecule has 0 amide bonds. The molecule has 4 rings (SSSR count). The summed E-state index contributed by atoms with van der Waals surface area (Å²) in [5.41, 5.74) is 9.28. The number of unbranched alkanes of at least 4 members (excludes halogenated alkanes) is 1. The fourth-order valence-corrected chi connectivity index (χ4v) is 6.02. The monoisotopic (exact) mass is 568 g/mol. The van der Waals surface area contributed by atoms with Crippen LogP contribution in [0.15, 0.2) is 24.3 Å². The molecule has 2 aromatic heterocycles. The minimum absolute atomic E-state index is 0.224. The number of aromatic nitrogens is 2. The van der Waals surface area contributed by atoms with E-state index in [1.165, 1.54) is 0 Å². The molecule has 0 radical (unpaired) electrons. The Labute approximate surface area is 242 Å². The number of hydrogen-bond acceptors (Lipinski definition) is 8. The number of nitrogens with two attached hydrogens (primary N) is 1. The van der Waals surface area contributed by atoms with Crippen molar-refractivity contribution in [2.45, 2.75) is 38.6 Å². The van der Waals surface area contributed by atoms with Crippen LogP contribution in [0.3, 0.4) is 0 Å². The Hall–Kier alpha value is -3.76. The minimum Gasteiger partial charge on any atom is -0.494 e. The summed E-state index contributed by atoms with van der Waals surface area (Å²) < 4.78 is 35.3. The van der Waals surface area contributed by atoms with Gasteiger partial charge in [-0.15, -0.1) is 0 Å². The number of methoxy groups -OCH3 is 6. The van der Waals surface area contributed by atoms with Gasteiger partial charge in [0.1, 0.15) is 5.54 Å². The van der Waals surface area contributed by atoms with Crippen molar-refractivity contribution in [1.29, 1.82) is 0 Å². The van der Waals surface area contributed by atoms with E-state index in [0.29, 0.717) is 34.5 Å². The molecule has 4 N–H and O–H groups in total. The summed E-state index contributed by atoms with van der Waals surface area (Å²) in [5.74, 6) is 3.65. The lowest BCUT2D eigenvalue weighted by atomic mass is 9.86. The predicted octanol–water partition coefficient (Wildman–Crippen LogP) is 5.42. The molecular weight excluding hydrogens is 524 g/mol. The first kappa shape index (κ1) is 30.2. The number of rotatable bonds is 15. The van der Waals surface area contributed by atoms with Gasteiger partial charge < -0.3 is 44.1 Å². The normalized spacial score (nSPS) is 11.9. The molecular formula is C31H44N4O6. The first-order valence-corrected chi connectivity index (χ1v) is 14.0. The van der Waals surface area contributed by atoms with Crippen molar-refractivity contribution in [3.05, 3.63) is 35.7 Å². The molecule has 0 saturated carbocycles. The number of fused-ring (bicyclic) bond motifs is 2. The van der Waals surface area contributed by atoms with E-state index in [1.54, 1.807) is 42.7 Å². The summed E-state index contributed by atoms with van der Waals surface area (Å²) in [6.07, 6.45) is 2.94. The van der Waals surface area contributed by atoms with Crippen LogP contribution in [0.4, 0.5) is 0 Å². The van der Waals surface area contributed by atoms with Crippen molar-refractivity contribution < 1.29 is 28.4 Å². The van der Waals surface area contributed by atoms with Crippen LogP contribution >= 0.6 is 0 Å². The van der Waals surface area contributed by atoms with Crippen LogP contribution in [-0.4, -0.2) is 77.2 Å². The molecule has 10 nitrogen and oxygen atoms in total. The second-order valence-corrected chi connectivity index (χ2v) is 9.92. The molecule has 4 aromatic rings. The number of H-pyrrole nitrogens is 2. The summed E-state index contributed by atoms with van der Waals surface area (Å²) in [7, 11) is 9.84. The maximum Gasteiger partial charge on any atom is 0.173 e. The average Bonchev–Trinajstić information content (AvgIpc) is 3.58. The van der Waals surface area contributed by atoms with E-state index in [-0.39, 0.29) is 6.54 Å². The number of nitrogens with zero attached hydrogens (tertiary/aromatic N) is 1. The highest BCUT2D eigenvalue weighted by molar-refractivity contribution is 5.98. The number of aromatic amines is 2. The zero-order valence-corrected chi connectivity index (χ0v) is 25.5. The van der Waals surface area contributed by atoms with Crippen LogP contribution in [0.2, 0.25) is 0 Å². The summed E-state index contributed by atoms with van der Waals surface area (Å²) in [5, 5.41) is 1.56. The molecule has 0 atom stereocenters. The van der Waals surface area contributed by atoms with Crippen molar-refractivity contribution in [2.24, 2.45) is 5.73 Å². The number of ether oxygens (including phenoxy) is 6. The molecule has 224 valence electrons. The van der Waals surface area contributed by atoms with Gasteiger partial charge in [0.05, 0.1) is 75.9 Å². The third kappa shape index (κ3) is 4.78. The molecule has 0 saturated heterocycles. The van der Waals surface area contributed by atoms with Gasteiger partial charge >= 0.3 is 0 Å². The second-order valence-electron chi connectivity index (χ2n) is 9.92. The molecule has 0 aliphatic rings. The fourth-order valence-electron chi connectivity index (χ4n) is 6.02. The van der Waals surface area contributed by atoms with Crippen LogP contribution in [0, 0.1) is 0 Å². The molecule has 0 unspecified atom stereocenters.